The fourth-order valence-electron chi connectivity index (χ4n) is 3.02. The highest BCUT2D eigenvalue weighted by Gasteiger charge is 2.11. The zero-order valence-electron chi connectivity index (χ0n) is 16.2. The highest BCUT2D eigenvalue weighted by molar-refractivity contribution is 5.91. The van der Waals surface area contributed by atoms with Crippen LogP contribution in [-0.4, -0.2) is 25.7 Å². The summed E-state index contributed by atoms with van der Waals surface area (Å²) in [6.07, 6.45) is 0.756. The van der Waals surface area contributed by atoms with E-state index in [1.807, 2.05) is 61.5 Å². The second-order valence-corrected chi connectivity index (χ2v) is 6.81. The molecule has 0 unspecified atom stereocenters. The van der Waals surface area contributed by atoms with Crippen LogP contribution in [0.4, 0.5) is 11.5 Å². The van der Waals surface area contributed by atoms with E-state index in [-0.39, 0.29) is 5.91 Å². The van der Waals surface area contributed by atoms with Crippen molar-refractivity contribution in [3.8, 4) is 0 Å². The lowest BCUT2D eigenvalue weighted by atomic mass is 10.2. The Morgan fingerprint density at radius 1 is 0.966 bits per heavy atom. The molecule has 4 aromatic rings. The first-order valence-corrected chi connectivity index (χ1v) is 9.54. The molecule has 2 heterocycles. The first-order valence-electron chi connectivity index (χ1n) is 9.54. The number of nitrogens with zero attached hydrogens (tertiary/aromatic N) is 4. The van der Waals surface area contributed by atoms with Gasteiger partial charge in [0, 0.05) is 25.1 Å². The Kier molecular flexibility index (Phi) is 5.47. The molecule has 4 rings (SSSR count). The number of nitrogens with one attached hydrogen (secondary N) is 2. The summed E-state index contributed by atoms with van der Waals surface area (Å²) < 4.78 is 1.69. The fourth-order valence-corrected chi connectivity index (χ4v) is 3.02. The van der Waals surface area contributed by atoms with Gasteiger partial charge in [-0.15, -0.1) is 15.3 Å². The van der Waals surface area contributed by atoms with E-state index in [9.17, 15) is 4.79 Å². The van der Waals surface area contributed by atoms with E-state index >= 15 is 0 Å². The summed E-state index contributed by atoms with van der Waals surface area (Å²) in [5.41, 5.74) is 3.69. The molecular weight excluding hydrogens is 364 g/mol. The first-order chi connectivity index (χ1) is 14.2. The third-order valence-electron chi connectivity index (χ3n) is 4.64. The molecule has 7 heteroatoms. The van der Waals surface area contributed by atoms with Crippen molar-refractivity contribution < 1.29 is 4.79 Å². The summed E-state index contributed by atoms with van der Waals surface area (Å²) in [5.74, 6) is 1.32. The second-order valence-electron chi connectivity index (χ2n) is 6.81. The standard InChI is InChI=1S/C22H22N6O/c1-16-7-5-6-10-18(16)24-22(29)14-13-21-26-25-20-12-11-19(27-28(20)21)23-15-17-8-3-2-4-9-17/h2-12H,13-15H2,1H3,(H,23,27)(H,24,29). The van der Waals surface area contributed by atoms with Crippen LogP contribution in [-0.2, 0) is 17.8 Å². The van der Waals surface area contributed by atoms with Crippen LogP contribution in [0.5, 0.6) is 0 Å². The summed E-state index contributed by atoms with van der Waals surface area (Å²) in [6, 6.07) is 21.6. The molecule has 0 aliphatic heterocycles. The molecule has 2 aromatic carbocycles. The number of amides is 1. The molecule has 1 amide bonds. The third-order valence-corrected chi connectivity index (χ3v) is 4.64. The van der Waals surface area contributed by atoms with Crippen molar-refractivity contribution >= 4 is 23.1 Å². The Morgan fingerprint density at radius 2 is 1.76 bits per heavy atom. The van der Waals surface area contributed by atoms with Crippen molar-refractivity contribution in [1.29, 1.82) is 0 Å². The van der Waals surface area contributed by atoms with Gasteiger partial charge < -0.3 is 10.6 Å². The molecule has 0 spiro atoms. The van der Waals surface area contributed by atoms with Crippen LogP contribution < -0.4 is 10.6 Å². The summed E-state index contributed by atoms with van der Waals surface area (Å²) in [5, 5.41) is 19.2. The maximum absolute atomic E-state index is 12.3. The van der Waals surface area contributed by atoms with E-state index in [0.29, 0.717) is 30.9 Å². The van der Waals surface area contributed by atoms with Gasteiger partial charge >= 0.3 is 0 Å². The van der Waals surface area contributed by atoms with Gasteiger partial charge in [0.2, 0.25) is 5.91 Å². The molecule has 7 nitrogen and oxygen atoms in total. The number of aryl methyl sites for hydroxylation is 2. The molecule has 0 saturated heterocycles. The Labute approximate surface area is 168 Å². The normalized spacial score (nSPS) is 10.8. The van der Waals surface area contributed by atoms with Crippen LogP contribution in [0.1, 0.15) is 23.4 Å². The molecule has 0 aliphatic carbocycles. The Hall–Kier alpha value is -3.74. The van der Waals surface area contributed by atoms with Crippen molar-refractivity contribution in [3.63, 3.8) is 0 Å². The predicted octanol–water partition coefficient (Wildman–Crippen LogP) is 3.62. The minimum Gasteiger partial charge on any atom is -0.365 e. The number of aromatic nitrogens is 4. The van der Waals surface area contributed by atoms with Gasteiger partial charge in [0.25, 0.3) is 0 Å². The maximum Gasteiger partial charge on any atom is 0.224 e. The predicted molar refractivity (Wildman–Crippen MR) is 113 cm³/mol. The zero-order chi connectivity index (χ0) is 20.1. The van der Waals surface area contributed by atoms with E-state index in [1.54, 1.807) is 4.52 Å². The van der Waals surface area contributed by atoms with E-state index < -0.39 is 0 Å². The largest absolute Gasteiger partial charge is 0.365 e. The van der Waals surface area contributed by atoms with Crippen molar-refractivity contribution in [3.05, 3.63) is 83.7 Å². The van der Waals surface area contributed by atoms with Crippen molar-refractivity contribution in [2.24, 2.45) is 0 Å². The van der Waals surface area contributed by atoms with Gasteiger partial charge in [-0.3, -0.25) is 4.79 Å². The number of para-hydroxylation sites is 1. The van der Waals surface area contributed by atoms with E-state index in [1.165, 1.54) is 5.56 Å². The average Bonchev–Trinajstić information content (AvgIpc) is 3.15. The van der Waals surface area contributed by atoms with Crippen LogP contribution >= 0.6 is 0 Å². The van der Waals surface area contributed by atoms with Crippen molar-refractivity contribution in [2.45, 2.75) is 26.3 Å². The van der Waals surface area contributed by atoms with Crippen LogP contribution in [0, 0.1) is 6.92 Å². The highest BCUT2D eigenvalue weighted by Crippen LogP contribution is 2.14. The molecule has 0 saturated carbocycles. The van der Waals surface area contributed by atoms with Crippen LogP contribution in [0.15, 0.2) is 66.7 Å². The zero-order valence-corrected chi connectivity index (χ0v) is 16.2. The molecule has 2 N–H and O–H groups in total. The van der Waals surface area contributed by atoms with Gasteiger partial charge in [0.15, 0.2) is 11.5 Å². The third kappa shape index (κ3) is 4.57. The van der Waals surface area contributed by atoms with Gasteiger partial charge in [0.05, 0.1) is 0 Å². The Balaban J connectivity index is 1.41. The molecule has 146 valence electrons. The number of rotatable bonds is 7. The fraction of sp³-hybridized carbons (Fsp3) is 0.182. The van der Waals surface area contributed by atoms with Gasteiger partial charge in [-0.1, -0.05) is 48.5 Å². The summed E-state index contributed by atoms with van der Waals surface area (Å²) in [6.45, 7) is 2.64. The lowest BCUT2D eigenvalue weighted by molar-refractivity contribution is -0.116. The molecule has 0 fully saturated rings. The summed E-state index contributed by atoms with van der Waals surface area (Å²) in [4.78, 5) is 12.3. The SMILES string of the molecule is Cc1ccccc1NC(=O)CCc1nnc2ccc(NCc3ccccc3)nn12. The molecule has 0 radical (unpaired) electrons. The number of carbonyl (C=O) groups is 1. The highest BCUT2D eigenvalue weighted by atomic mass is 16.1. The molecular formula is C22H22N6O. The number of anilines is 2. The average molecular weight is 386 g/mol. The second kappa shape index (κ2) is 8.52. The molecule has 29 heavy (non-hydrogen) atoms. The Bertz CT molecular complexity index is 1120. The lowest BCUT2D eigenvalue weighted by Crippen LogP contribution is -2.14. The monoisotopic (exact) mass is 386 g/mol. The molecule has 0 atom stereocenters. The van der Waals surface area contributed by atoms with Crippen molar-refractivity contribution in [1.82, 2.24) is 19.8 Å². The smallest absolute Gasteiger partial charge is 0.224 e. The minimum atomic E-state index is -0.0607. The van der Waals surface area contributed by atoms with E-state index in [4.69, 9.17) is 0 Å². The molecule has 0 bridgehead atoms. The molecule has 2 aromatic heterocycles. The number of hydrogen-bond donors (Lipinski definition) is 2. The number of hydrogen-bond acceptors (Lipinski definition) is 5. The van der Waals surface area contributed by atoms with Crippen LogP contribution in [0.3, 0.4) is 0 Å². The van der Waals surface area contributed by atoms with Gasteiger partial charge in [-0.25, -0.2) is 0 Å². The van der Waals surface area contributed by atoms with Gasteiger partial charge in [-0.2, -0.15) is 4.52 Å². The van der Waals surface area contributed by atoms with Crippen LogP contribution in [0.2, 0.25) is 0 Å². The van der Waals surface area contributed by atoms with Crippen molar-refractivity contribution in [2.75, 3.05) is 10.6 Å². The minimum absolute atomic E-state index is 0.0607. The Morgan fingerprint density at radius 3 is 2.59 bits per heavy atom. The lowest BCUT2D eigenvalue weighted by Gasteiger charge is -2.08. The summed E-state index contributed by atoms with van der Waals surface area (Å²) in [7, 11) is 0. The van der Waals surface area contributed by atoms with Crippen LogP contribution in [0.25, 0.3) is 5.65 Å². The van der Waals surface area contributed by atoms with E-state index in [2.05, 4.69) is 38.1 Å². The molecule has 0 aliphatic rings. The topological polar surface area (TPSA) is 84.2 Å². The summed E-state index contributed by atoms with van der Waals surface area (Å²) >= 11 is 0. The van der Waals surface area contributed by atoms with Gasteiger partial charge in [0.1, 0.15) is 5.82 Å². The number of carbonyl (C=O) groups excluding carboxylic acids is 1. The number of benzene rings is 2. The first kappa shape index (κ1) is 18.6. The quantitative estimate of drug-likeness (QED) is 0.507. The number of fused-ring (bicyclic) bond motifs is 1. The maximum atomic E-state index is 12.3. The van der Waals surface area contributed by atoms with Gasteiger partial charge in [-0.05, 0) is 36.2 Å². The van der Waals surface area contributed by atoms with E-state index in [0.717, 1.165) is 17.1 Å².